The van der Waals surface area contributed by atoms with Crippen LogP contribution in [-0.2, 0) is 9.53 Å². The van der Waals surface area contributed by atoms with Crippen molar-refractivity contribution in [1.82, 2.24) is 15.1 Å². The highest BCUT2D eigenvalue weighted by Gasteiger charge is 2.36. The molecule has 1 saturated heterocycles. The zero-order chi connectivity index (χ0) is 19.6. The summed E-state index contributed by atoms with van der Waals surface area (Å²) in [5.74, 6) is -0.285. The summed E-state index contributed by atoms with van der Waals surface area (Å²) in [5, 5.41) is 12.5. The molecular weight excluding hydrogens is 388 g/mol. The van der Waals surface area contributed by atoms with Gasteiger partial charge in [-0.3, -0.25) is 15.0 Å². The largest absolute Gasteiger partial charge is 0.444 e. The predicted octanol–water partition coefficient (Wildman–Crippen LogP) is 4.20. The third kappa shape index (κ3) is 4.95. The van der Waals surface area contributed by atoms with Gasteiger partial charge in [0.2, 0.25) is 11.0 Å². The highest BCUT2D eigenvalue weighted by molar-refractivity contribution is 7.18. The average molecular weight is 409 g/mol. The summed E-state index contributed by atoms with van der Waals surface area (Å²) in [6, 6.07) is 6.70. The van der Waals surface area contributed by atoms with Crippen molar-refractivity contribution in [2.75, 3.05) is 11.9 Å². The van der Waals surface area contributed by atoms with Crippen molar-refractivity contribution in [1.29, 1.82) is 0 Å². The fourth-order valence-corrected chi connectivity index (χ4v) is 3.71. The maximum atomic E-state index is 12.7. The van der Waals surface area contributed by atoms with Gasteiger partial charge in [0, 0.05) is 17.1 Å². The number of nitrogens with zero attached hydrogens (tertiary/aromatic N) is 3. The third-order valence-corrected chi connectivity index (χ3v) is 5.03. The molecule has 2 heterocycles. The number of carbonyl (C=O) groups excluding carboxylic acids is 2. The van der Waals surface area contributed by atoms with Crippen LogP contribution in [0.25, 0.3) is 10.6 Å². The van der Waals surface area contributed by atoms with Gasteiger partial charge in [-0.2, -0.15) is 0 Å². The number of nitrogens with one attached hydrogen (secondary N) is 1. The first-order valence-electron chi connectivity index (χ1n) is 8.63. The van der Waals surface area contributed by atoms with E-state index in [4.69, 9.17) is 16.3 Å². The van der Waals surface area contributed by atoms with Crippen LogP contribution < -0.4 is 5.32 Å². The Morgan fingerprint density at radius 1 is 1.33 bits per heavy atom. The number of hydrogen-bond acceptors (Lipinski definition) is 6. The molecular formula is C18H21ClN4O3S. The Morgan fingerprint density at radius 3 is 2.81 bits per heavy atom. The first kappa shape index (κ1) is 19.6. The number of ether oxygens (including phenoxy) is 1. The second kappa shape index (κ2) is 7.82. The molecule has 1 aliphatic heterocycles. The Balaban J connectivity index is 1.67. The minimum atomic E-state index is -0.605. The molecule has 1 fully saturated rings. The summed E-state index contributed by atoms with van der Waals surface area (Å²) < 4.78 is 5.39. The van der Waals surface area contributed by atoms with Gasteiger partial charge in [0.1, 0.15) is 16.7 Å². The lowest BCUT2D eigenvalue weighted by molar-refractivity contribution is -0.120. The van der Waals surface area contributed by atoms with Gasteiger partial charge in [-0.1, -0.05) is 35.1 Å². The Morgan fingerprint density at radius 2 is 2.11 bits per heavy atom. The smallest absolute Gasteiger partial charge is 0.410 e. The summed E-state index contributed by atoms with van der Waals surface area (Å²) in [7, 11) is 0. The molecule has 1 N–H and O–H groups in total. The Bertz CT molecular complexity index is 849. The monoisotopic (exact) mass is 408 g/mol. The van der Waals surface area contributed by atoms with Gasteiger partial charge in [-0.05, 0) is 45.7 Å². The highest BCUT2D eigenvalue weighted by Crippen LogP contribution is 2.29. The van der Waals surface area contributed by atoms with Gasteiger partial charge >= 0.3 is 6.09 Å². The van der Waals surface area contributed by atoms with Crippen LogP contribution in [0.1, 0.15) is 33.6 Å². The van der Waals surface area contributed by atoms with E-state index in [1.807, 2.05) is 12.1 Å². The van der Waals surface area contributed by atoms with Crippen molar-refractivity contribution in [3.63, 3.8) is 0 Å². The molecule has 1 aromatic carbocycles. The summed E-state index contributed by atoms with van der Waals surface area (Å²) in [6.07, 6.45) is 0.865. The summed E-state index contributed by atoms with van der Waals surface area (Å²) in [6.45, 7) is 5.90. The Kier molecular flexibility index (Phi) is 5.67. The molecule has 0 saturated carbocycles. The van der Waals surface area contributed by atoms with E-state index in [-0.39, 0.29) is 5.91 Å². The van der Waals surface area contributed by atoms with Crippen molar-refractivity contribution in [3.05, 3.63) is 29.3 Å². The predicted molar refractivity (Wildman–Crippen MR) is 105 cm³/mol. The second-order valence-electron chi connectivity index (χ2n) is 7.24. The number of aromatic nitrogens is 2. The zero-order valence-corrected chi connectivity index (χ0v) is 16.9. The van der Waals surface area contributed by atoms with Crippen molar-refractivity contribution in [3.8, 4) is 10.6 Å². The Labute approximate surface area is 166 Å². The maximum Gasteiger partial charge on any atom is 0.410 e. The van der Waals surface area contributed by atoms with E-state index in [0.717, 1.165) is 12.0 Å². The molecule has 27 heavy (non-hydrogen) atoms. The number of halogens is 1. The molecule has 0 aliphatic carbocycles. The number of rotatable bonds is 3. The number of benzene rings is 1. The van der Waals surface area contributed by atoms with E-state index in [2.05, 4.69) is 15.5 Å². The quantitative estimate of drug-likeness (QED) is 0.822. The van der Waals surface area contributed by atoms with Gasteiger partial charge in [0.25, 0.3) is 0 Å². The first-order chi connectivity index (χ1) is 12.7. The molecule has 7 nitrogen and oxygen atoms in total. The summed E-state index contributed by atoms with van der Waals surface area (Å²) >= 11 is 7.25. The van der Waals surface area contributed by atoms with Crippen LogP contribution in [-0.4, -0.2) is 45.3 Å². The van der Waals surface area contributed by atoms with Gasteiger partial charge in [0.15, 0.2) is 0 Å². The van der Waals surface area contributed by atoms with Gasteiger partial charge in [0.05, 0.1) is 0 Å². The summed E-state index contributed by atoms with van der Waals surface area (Å²) in [5.41, 5.74) is 0.225. The van der Waals surface area contributed by atoms with Gasteiger partial charge in [-0.15, -0.1) is 10.2 Å². The van der Waals surface area contributed by atoms with Gasteiger partial charge < -0.3 is 4.74 Å². The van der Waals surface area contributed by atoms with Crippen molar-refractivity contribution >= 4 is 40.1 Å². The number of likely N-dealkylation sites (tertiary alicyclic amines) is 1. The third-order valence-electron chi connectivity index (χ3n) is 3.91. The number of carbonyl (C=O) groups is 2. The molecule has 0 spiro atoms. The second-order valence-corrected chi connectivity index (χ2v) is 8.66. The summed E-state index contributed by atoms with van der Waals surface area (Å²) in [4.78, 5) is 26.5. The molecule has 1 atom stereocenters. The molecule has 1 aliphatic rings. The van der Waals surface area contributed by atoms with E-state index >= 15 is 0 Å². The van der Waals surface area contributed by atoms with Crippen LogP contribution in [0.3, 0.4) is 0 Å². The maximum absolute atomic E-state index is 12.7. The molecule has 1 unspecified atom stereocenters. The van der Waals surface area contributed by atoms with E-state index in [9.17, 15) is 9.59 Å². The minimum Gasteiger partial charge on any atom is -0.444 e. The van der Waals surface area contributed by atoms with Gasteiger partial charge in [-0.25, -0.2) is 4.79 Å². The minimum absolute atomic E-state index is 0.285. The number of anilines is 1. The van der Waals surface area contributed by atoms with Crippen LogP contribution in [0.4, 0.5) is 9.93 Å². The molecule has 0 radical (unpaired) electrons. The van der Waals surface area contributed by atoms with E-state index < -0.39 is 17.7 Å². The van der Waals surface area contributed by atoms with Crippen LogP contribution in [0.5, 0.6) is 0 Å². The van der Waals surface area contributed by atoms with E-state index in [0.29, 0.717) is 28.1 Å². The lowest BCUT2D eigenvalue weighted by Crippen LogP contribution is -2.45. The zero-order valence-electron chi connectivity index (χ0n) is 15.4. The normalized spacial score (nSPS) is 17.0. The van der Waals surface area contributed by atoms with Crippen molar-refractivity contribution in [2.45, 2.75) is 45.3 Å². The topological polar surface area (TPSA) is 84.4 Å². The average Bonchev–Trinajstić information content (AvgIpc) is 3.22. The van der Waals surface area contributed by atoms with Crippen LogP contribution in [0.2, 0.25) is 5.02 Å². The number of hydrogen-bond donors (Lipinski definition) is 1. The fraction of sp³-hybridized carbons (Fsp3) is 0.444. The molecule has 144 valence electrons. The standard InChI is InChI=1S/C18H21ClN4O3S/c1-18(2,3)26-17(25)23-9-5-8-13(23)14(24)20-16-22-21-15(27-16)11-6-4-7-12(19)10-11/h4,6-7,10,13H,5,8-9H2,1-3H3,(H,20,22,24). The lowest BCUT2D eigenvalue weighted by atomic mass is 10.2. The van der Waals surface area contributed by atoms with Crippen LogP contribution in [0, 0.1) is 0 Å². The fourth-order valence-electron chi connectivity index (χ4n) is 2.78. The molecule has 2 aromatic rings. The first-order valence-corrected chi connectivity index (χ1v) is 9.82. The molecule has 3 rings (SSSR count). The number of amides is 2. The van der Waals surface area contributed by atoms with Crippen molar-refractivity contribution < 1.29 is 14.3 Å². The molecule has 1 aromatic heterocycles. The molecule has 0 bridgehead atoms. The van der Waals surface area contributed by atoms with Crippen LogP contribution >= 0.6 is 22.9 Å². The SMILES string of the molecule is CC(C)(C)OC(=O)N1CCCC1C(=O)Nc1nnc(-c2cccc(Cl)c2)s1. The molecule has 2 amide bonds. The van der Waals surface area contributed by atoms with E-state index in [1.165, 1.54) is 16.2 Å². The lowest BCUT2D eigenvalue weighted by Gasteiger charge is -2.27. The Hall–Kier alpha value is -2.19. The van der Waals surface area contributed by atoms with E-state index in [1.54, 1.807) is 32.9 Å². The van der Waals surface area contributed by atoms with Crippen molar-refractivity contribution in [2.24, 2.45) is 0 Å². The molecule has 9 heteroatoms. The van der Waals surface area contributed by atoms with Crippen LogP contribution in [0.15, 0.2) is 24.3 Å². The highest BCUT2D eigenvalue weighted by atomic mass is 35.5.